The molecule has 1 aromatic rings. The lowest BCUT2D eigenvalue weighted by Gasteiger charge is -2.14. The van der Waals surface area contributed by atoms with E-state index in [4.69, 9.17) is 9.47 Å². The Balaban J connectivity index is 2.69. The summed E-state index contributed by atoms with van der Waals surface area (Å²) in [6, 6.07) is 3.54. The highest BCUT2D eigenvalue weighted by Gasteiger charge is 2.12. The van der Waals surface area contributed by atoms with E-state index in [2.05, 4.69) is 21.2 Å². The first-order valence-electron chi connectivity index (χ1n) is 6.51. The highest BCUT2D eigenvalue weighted by molar-refractivity contribution is 9.10. The van der Waals surface area contributed by atoms with Crippen LogP contribution in [0.5, 0.6) is 11.5 Å². The Labute approximate surface area is 127 Å². The number of carbonyl (C=O) groups is 1. The van der Waals surface area contributed by atoms with E-state index in [-0.39, 0.29) is 12.5 Å². The molecule has 0 aromatic heterocycles. The molecule has 0 unspecified atom stereocenters. The van der Waals surface area contributed by atoms with Crippen molar-refractivity contribution < 1.29 is 19.4 Å². The minimum Gasteiger partial charge on any atom is -0.490 e. The molecule has 0 fully saturated rings. The molecule has 1 rings (SSSR count). The summed E-state index contributed by atoms with van der Waals surface area (Å²) in [7, 11) is 1.61. The Kier molecular flexibility index (Phi) is 7.40. The number of aliphatic hydroxyl groups is 1. The van der Waals surface area contributed by atoms with Gasteiger partial charge in [0, 0.05) is 13.5 Å². The fourth-order valence-electron chi connectivity index (χ4n) is 1.65. The minimum absolute atomic E-state index is 0.00618. The van der Waals surface area contributed by atoms with Gasteiger partial charge in [-0.15, -0.1) is 0 Å². The second kappa shape index (κ2) is 8.81. The van der Waals surface area contributed by atoms with Gasteiger partial charge >= 0.3 is 0 Å². The van der Waals surface area contributed by atoms with Crippen molar-refractivity contribution in [1.82, 2.24) is 5.32 Å². The van der Waals surface area contributed by atoms with Gasteiger partial charge in [0.05, 0.1) is 24.3 Å². The summed E-state index contributed by atoms with van der Waals surface area (Å²) < 4.78 is 11.9. The van der Waals surface area contributed by atoms with Crippen molar-refractivity contribution in [1.29, 1.82) is 0 Å². The van der Waals surface area contributed by atoms with Crippen molar-refractivity contribution in [2.45, 2.75) is 26.4 Å². The Morgan fingerprint density at radius 1 is 1.40 bits per heavy atom. The van der Waals surface area contributed by atoms with Gasteiger partial charge in [-0.2, -0.15) is 0 Å². The molecule has 1 amide bonds. The number of nitrogens with one attached hydrogen (secondary N) is 1. The molecule has 0 saturated heterocycles. The van der Waals surface area contributed by atoms with E-state index in [9.17, 15) is 9.90 Å². The molecule has 1 aromatic carbocycles. The van der Waals surface area contributed by atoms with Gasteiger partial charge in [-0.05, 0) is 47.0 Å². The molecule has 0 aliphatic heterocycles. The molecule has 6 heteroatoms. The monoisotopic (exact) mass is 345 g/mol. The fraction of sp³-hybridized carbons (Fsp3) is 0.500. The van der Waals surface area contributed by atoms with Gasteiger partial charge in [0.1, 0.15) is 0 Å². The van der Waals surface area contributed by atoms with Crippen LogP contribution in [0.1, 0.15) is 25.3 Å². The fourth-order valence-corrected chi connectivity index (χ4v) is 2.25. The van der Waals surface area contributed by atoms with Gasteiger partial charge in [-0.25, -0.2) is 0 Å². The summed E-state index contributed by atoms with van der Waals surface area (Å²) in [6.07, 6.45) is 1.05. The topological polar surface area (TPSA) is 67.8 Å². The predicted molar refractivity (Wildman–Crippen MR) is 80.0 cm³/mol. The van der Waals surface area contributed by atoms with E-state index in [0.717, 1.165) is 10.0 Å². The van der Waals surface area contributed by atoms with Gasteiger partial charge in [0.2, 0.25) is 5.91 Å². The molecule has 0 aliphatic carbocycles. The Bertz CT molecular complexity index is 451. The van der Waals surface area contributed by atoms with Crippen LogP contribution in [0.3, 0.4) is 0 Å². The number of hydrogen-bond donors (Lipinski definition) is 2. The average Bonchev–Trinajstić information content (AvgIpc) is 2.45. The quantitative estimate of drug-likeness (QED) is 0.709. The maximum absolute atomic E-state index is 11.1. The van der Waals surface area contributed by atoms with Crippen LogP contribution in [0.25, 0.3) is 0 Å². The molecule has 0 atom stereocenters. The lowest BCUT2D eigenvalue weighted by atomic mass is 10.2. The number of rotatable bonds is 8. The van der Waals surface area contributed by atoms with E-state index in [1.54, 1.807) is 19.2 Å². The summed E-state index contributed by atoms with van der Waals surface area (Å²) in [5, 5.41) is 11.8. The maximum Gasteiger partial charge on any atom is 0.219 e. The number of halogens is 1. The molecule has 0 bridgehead atoms. The van der Waals surface area contributed by atoms with Crippen molar-refractivity contribution in [3.63, 3.8) is 0 Å². The smallest absolute Gasteiger partial charge is 0.219 e. The Morgan fingerprint density at radius 3 is 2.75 bits per heavy atom. The van der Waals surface area contributed by atoms with E-state index < -0.39 is 0 Å². The van der Waals surface area contributed by atoms with Crippen LogP contribution in [-0.2, 0) is 11.4 Å². The molecule has 2 N–H and O–H groups in total. The molecule has 20 heavy (non-hydrogen) atoms. The van der Waals surface area contributed by atoms with Gasteiger partial charge in [0.25, 0.3) is 0 Å². The Hall–Kier alpha value is -1.27. The lowest BCUT2D eigenvalue weighted by molar-refractivity contribution is -0.120. The summed E-state index contributed by atoms with van der Waals surface area (Å²) >= 11 is 3.41. The number of hydrogen-bond acceptors (Lipinski definition) is 4. The third kappa shape index (κ3) is 5.02. The number of aliphatic hydroxyl groups excluding tert-OH is 1. The van der Waals surface area contributed by atoms with Crippen LogP contribution in [0.15, 0.2) is 16.6 Å². The standard InChI is InChI=1S/C14H20BrNO4/c1-3-19-12-8-10(9-17)7-11(15)14(12)20-6-4-5-13(18)16-2/h7-8,17H,3-6,9H2,1-2H3,(H,16,18). The molecule has 112 valence electrons. The zero-order valence-corrected chi connectivity index (χ0v) is 13.3. The first-order valence-corrected chi connectivity index (χ1v) is 7.31. The second-order valence-corrected chi connectivity index (χ2v) is 4.98. The van der Waals surface area contributed by atoms with E-state index in [0.29, 0.717) is 37.6 Å². The maximum atomic E-state index is 11.1. The van der Waals surface area contributed by atoms with Gasteiger partial charge in [-0.3, -0.25) is 4.79 Å². The second-order valence-electron chi connectivity index (χ2n) is 4.12. The van der Waals surface area contributed by atoms with E-state index >= 15 is 0 Å². The minimum atomic E-state index is -0.0599. The van der Waals surface area contributed by atoms with Crippen LogP contribution in [-0.4, -0.2) is 31.3 Å². The van der Waals surface area contributed by atoms with E-state index in [1.165, 1.54) is 0 Å². The van der Waals surface area contributed by atoms with Crippen LogP contribution in [0.4, 0.5) is 0 Å². The summed E-state index contributed by atoms with van der Waals surface area (Å²) in [4.78, 5) is 11.1. The molecular formula is C14H20BrNO4. The predicted octanol–water partition coefficient (Wildman–Crippen LogP) is 2.25. The number of ether oxygens (including phenoxy) is 2. The third-order valence-electron chi connectivity index (χ3n) is 2.63. The largest absolute Gasteiger partial charge is 0.490 e. The summed E-state index contributed by atoms with van der Waals surface area (Å²) in [6.45, 7) is 2.75. The van der Waals surface area contributed by atoms with Crippen molar-refractivity contribution in [2.75, 3.05) is 20.3 Å². The van der Waals surface area contributed by atoms with Crippen LogP contribution >= 0.6 is 15.9 Å². The van der Waals surface area contributed by atoms with Crippen LogP contribution in [0, 0.1) is 0 Å². The lowest BCUT2D eigenvalue weighted by Crippen LogP contribution is -2.18. The van der Waals surface area contributed by atoms with Crippen LogP contribution in [0.2, 0.25) is 0 Å². The summed E-state index contributed by atoms with van der Waals surface area (Å²) in [5.74, 6) is 1.18. The van der Waals surface area contributed by atoms with Gasteiger partial charge in [0.15, 0.2) is 11.5 Å². The van der Waals surface area contributed by atoms with Crippen LogP contribution < -0.4 is 14.8 Å². The zero-order valence-electron chi connectivity index (χ0n) is 11.7. The number of benzene rings is 1. The highest BCUT2D eigenvalue weighted by Crippen LogP contribution is 2.37. The van der Waals surface area contributed by atoms with Crippen molar-refractivity contribution in [3.8, 4) is 11.5 Å². The third-order valence-corrected chi connectivity index (χ3v) is 3.21. The average molecular weight is 346 g/mol. The SMILES string of the molecule is CCOc1cc(CO)cc(Br)c1OCCCC(=O)NC. The molecule has 0 radical (unpaired) electrons. The van der Waals surface area contributed by atoms with Gasteiger partial charge < -0.3 is 19.9 Å². The molecule has 5 nitrogen and oxygen atoms in total. The van der Waals surface area contributed by atoms with Crippen molar-refractivity contribution in [3.05, 3.63) is 22.2 Å². The zero-order chi connectivity index (χ0) is 15.0. The van der Waals surface area contributed by atoms with E-state index in [1.807, 2.05) is 6.92 Å². The van der Waals surface area contributed by atoms with Gasteiger partial charge in [-0.1, -0.05) is 0 Å². The Morgan fingerprint density at radius 2 is 2.15 bits per heavy atom. The molecule has 0 saturated carbocycles. The molecule has 0 spiro atoms. The number of carbonyl (C=O) groups excluding carboxylic acids is 1. The molecule has 0 heterocycles. The first kappa shape index (κ1) is 16.8. The highest BCUT2D eigenvalue weighted by atomic mass is 79.9. The summed E-state index contributed by atoms with van der Waals surface area (Å²) in [5.41, 5.74) is 0.748. The first-order chi connectivity index (χ1) is 9.62. The van der Waals surface area contributed by atoms with Crippen molar-refractivity contribution in [2.24, 2.45) is 0 Å². The molecular weight excluding hydrogens is 326 g/mol. The normalized spacial score (nSPS) is 10.2. The molecule has 0 aliphatic rings. The number of amides is 1. The van der Waals surface area contributed by atoms with Crippen molar-refractivity contribution >= 4 is 21.8 Å².